The molecule has 1 aliphatic rings. The Morgan fingerprint density at radius 2 is 2.00 bits per heavy atom. The van der Waals surface area contributed by atoms with E-state index in [1.54, 1.807) is 0 Å². The molecule has 0 saturated carbocycles. The van der Waals surface area contributed by atoms with E-state index in [1.807, 2.05) is 30.7 Å². The minimum atomic E-state index is -0.0778. The Labute approximate surface area is 119 Å². The van der Waals surface area contributed by atoms with Gasteiger partial charge in [0, 0.05) is 12.5 Å². The molecule has 1 unspecified atom stereocenters. The Hall–Kier alpha value is -1.65. The van der Waals surface area contributed by atoms with Gasteiger partial charge in [0.05, 0.1) is 31.4 Å². The molecule has 0 radical (unpaired) electrons. The van der Waals surface area contributed by atoms with Gasteiger partial charge in [0.1, 0.15) is 0 Å². The summed E-state index contributed by atoms with van der Waals surface area (Å²) in [6.07, 6.45) is 4.75. The van der Waals surface area contributed by atoms with Crippen molar-refractivity contribution in [1.82, 2.24) is 9.55 Å². The van der Waals surface area contributed by atoms with Crippen molar-refractivity contribution in [2.45, 2.75) is 26.2 Å². The van der Waals surface area contributed by atoms with E-state index >= 15 is 0 Å². The summed E-state index contributed by atoms with van der Waals surface area (Å²) in [7, 11) is 0. The molecule has 20 heavy (non-hydrogen) atoms. The molecule has 1 aromatic heterocycles. The maximum absolute atomic E-state index is 5.64. The summed E-state index contributed by atoms with van der Waals surface area (Å²) in [5.41, 5.74) is 2.33. The van der Waals surface area contributed by atoms with Gasteiger partial charge in [-0.3, -0.25) is 0 Å². The Balaban J connectivity index is 1.79. The highest BCUT2D eigenvalue weighted by Crippen LogP contribution is 2.24. The molecule has 1 atom stereocenters. The average molecular weight is 272 g/mol. The number of nitrogens with zero attached hydrogens (tertiary/aromatic N) is 2. The van der Waals surface area contributed by atoms with Crippen LogP contribution in [0.3, 0.4) is 0 Å². The Kier molecular flexibility index (Phi) is 4.14. The first-order valence-corrected chi connectivity index (χ1v) is 7.17. The van der Waals surface area contributed by atoms with Crippen LogP contribution in [-0.2, 0) is 16.0 Å². The van der Waals surface area contributed by atoms with E-state index in [2.05, 4.69) is 28.6 Å². The fourth-order valence-electron chi connectivity index (χ4n) is 2.62. The lowest BCUT2D eigenvalue weighted by molar-refractivity contribution is -0.0883. The zero-order valence-corrected chi connectivity index (χ0v) is 11.7. The van der Waals surface area contributed by atoms with Crippen LogP contribution in [-0.4, -0.2) is 29.1 Å². The number of hydrogen-bond donors (Lipinski definition) is 0. The van der Waals surface area contributed by atoms with Crippen LogP contribution in [0.2, 0.25) is 0 Å². The minimum absolute atomic E-state index is 0.0778. The number of benzene rings is 1. The zero-order chi connectivity index (χ0) is 13.8. The number of ether oxygens (including phenoxy) is 2. The van der Waals surface area contributed by atoms with Gasteiger partial charge in [0.2, 0.25) is 0 Å². The van der Waals surface area contributed by atoms with Gasteiger partial charge in [-0.15, -0.1) is 0 Å². The van der Waals surface area contributed by atoms with Crippen LogP contribution in [0.4, 0.5) is 0 Å². The molecule has 2 heterocycles. The minimum Gasteiger partial charge on any atom is -0.350 e. The third-order valence-corrected chi connectivity index (χ3v) is 3.77. The van der Waals surface area contributed by atoms with E-state index in [1.165, 1.54) is 5.56 Å². The molecular weight excluding hydrogens is 252 g/mol. The van der Waals surface area contributed by atoms with Crippen LogP contribution in [0, 0.1) is 5.92 Å². The summed E-state index contributed by atoms with van der Waals surface area (Å²) in [5.74, 6) is 0.356. The topological polar surface area (TPSA) is 36.3 Å². The highest BCUT2D eigenvalue weighted by atomic mass is 16.7. The van der Waals surface area contributed by atoms with E-state index in [-0.39, 0.29) is 6.29 Å². The molecule has 0 N–H and O–H groups in total. The van der Waals surface area contributed by atoms with E-state index < -0.39 is 0 Å². The molecular formula is C16H20N2O2. The quantitative estimate of drug-likeness (QED) is 0.839. The zero-order valence-electron chi connectivity index (χ0n) is 11.7. The molecule has 2 aromatic rings. The summed E-state index contributed by atoms with van der Waals surface area (Å²) < 4.78 is 13.5. The van der Waals surface area contributed by atoms with Crippen LogP contribution in [0.5, 0.6) is 0 Å². The lowest BCUT2D eigenvalue weighted by Crippen LogP contribution is -2.25. The number of rotatable bonds is 5. The van der Waals surface area contributed by atoms with Crippen molar-refractivity contribution in [1.29, 1.82) is 0 Å². The Bertz CT molecular complexity index is 532. The van der Waals surface area contributed by atoms with Crippen molar-refractivity contribution in [3.8, 4) is 11.3 Å². The van der Waals surface area contributed by atoms with E-state index in [0.29, 0.717) is 19.1 Å². The molecule has 1 aliphatic heterocycles. The molecule has 4 heteroatoms. The van der Waals surface area contributed by atoms with Crippen molar-refractivity contribution < 1.29 is 9.47 Å². The molecule has 0 bridgehead atoms. The van der Waals surface area contributed by atoms with Gasteiger partial charge in [-0.2, -0.15) is 0 Å². The second-order valence-corrected chi connectivity index (χ2v) is 5.08. The van der Waals surface area contributed by atoms with Crippen molar-refractivity contribution >= 4 is 0 Å². The number of aromatic nitrogens is 2. The summed E-state index contributed by atoms with van der Waals surface area (Å²) in [5, 5.41) is 0. The standard InChI is InChI=1S/C16H20N2O2/c1-2-13(16-19-8-9-20-16)11-18-12-17-10-15(18)14-6-4-3-5-7-14/h3-7,10,12-13,16H,2,8-9,11H2,1H3. The molecule has 4 nitrogen and oxygen atoms in total. The second-order valence-electron chi connectivity index (χ2n) is 5.08. The van der Waals surface area contributed by atoms with E-state index in [4.69, 9.17) is 9.47 Å². The SMILES string of the molecule is CCC(Cn1cncc1-c1ccccc1)C1OCCO1. The summed E-state index contributed by atoms with van der Waals surface area (Å²) in [6.45, 7) is 4.45. The predicted octanol–water partition coefficient (Wildman–Crippen LogP) is 2.95. The highest BCUT2D eigenvalue weighted by Gasteiger charge is 2.26. The van der Waals surface area contributed by atoms with Crippen LogP contribution < -0.4 is 0 Å². The van der Waals surface area contributed by atoms with Gasteiger partial charge in [0.15, 0.2) is 6.29 Å². The first kappa shape index (κ1) is 13.3. The smallest absolute Gasteiger partial charge is 0.162 e. The largest absolute Gasteiger partial charge is 0.350 e. The highest BCUT2D eigenvalue weighted by molar-refractivity contribution is 5.58. The Morgan fingerprint density at radius 1 is 1.25 bits per heavy atom. The molecule has 1 fully saturated rings. The number of imidazole rings is 1. The van der Waals surface area contributed by atoms with Crippen LogP contribution in [0.25, 0.3) is 11.3 Å². The Morgan fingerprint density at radius 3 is 2.70 bits per heavy atom. The monoisotopic (exact) mass is 272 g/mol. The van der Waals surface area contributed by atoms with Crippen molar-refractivity contribution in [2.75, 3.05) is 13.2 Å². The van der Waals surface area contributed by atoms with Gasteiger partial charge in [-0.05, 0) is 12.0 Å². The lowest BCUT2D eigenvalue weighted by Gasteiger charge is -2.22. The summed E-state index contributed by atoms with van der Waals surface area (Å²) in [6, 6.07) is 10.3. The second kappa shape index (κ2) is 6.20. The molecule has 0 aliphatic carbocycles. The van der Waals surface area contributed by atoms with Crippen LogP contribution >= 0.6 is 0 Å². The van der Waals surface area contributed by atoms with Gasteiger partial charge in [-0.1, -0.05) is 37.3 Å². The van der Waals surface area contributed by atoms with Gasteiger partial charge < -0.3 is 14.0 Å². The first-order valence-electron chi connectivity index (χ1n) is 7.17. The maximum atomic E-state index is 5.64. The fourth-order valence-corrected chi connectivity index (χ4v) is 2.62. The number of hydrogen-bond acceptors (Lipinski definition) is 3. The fraction of sp³-hybridized carbons (Fsp3) is 0.438. The van der Waals surface area contributed by atoms with Crippen molar-refractivity contribution in [2.24, 2.45) is 5.92 Å². The van der Waals surface area contributed by atoms with Crippen LogP contribution in [0.15, 0.2) is 42.9 Å². The summed E-state index contributed by atoms with van der Waals surface area (Å²) in [4.78, 5) is 4.29. The molecule has 3 rings (SSSR count). The molecule has 106 valence electrons. The molecule has 0 amide bonds. The van der Waals surface area contributed by atoms with Crippen LogP contribution in [0.1, 0.15) is 13.3 Å². The van der Waals surface area contributed by atoms with Crippen molar-refractivity contribution in [3.05, 3.63) is 42.9 Å². The first-order chi connectivity index (χ1) is 9.88. The molecule has 1 saturated heterocycles. The van der Waals surface area contributed by atoms with Gasteiger partial charge in [-0.25, -0.2) is 4.98 Å². The van der Waals surface area contributed by atoms with E-state index in [9.17, 15) is 0 Å². The van der Waals surface area contributed by atoms with E-state index in [0.717, 1.165) is 18.7 Å². The molecule has 1 aromatic carbocycles. The average Bonchev–Trinajstić information content (AvgIpc) is 3.17. The normalized spacial score (nSPS) is 17.4. The van der Waals surface area contributed by atoms with Crippen molar-refractivity contribution in [3.63, 3.8) is 0 Å². The lowest BCUT2D eigenvalue weighted by atomic mass is 10.1. The molecule has 0 spiro atoms. The van der Waals surface area contributed by atoms with Gasteiger partial charge >= 0.3 is 0 Å². The predicted molar refractivity (Wildman–Crippen MR) is 77.1 cm³/mol. The summed E-state index contributed by atoms with van der Waals surface area (Å²) >= 11 is 0. The third kappa shape index (κ3) is 2.76. The maximum Gasteiger partial charge on any atom is 0.162 e. The third-order valence-electron chi connectivity index (χ3n) is 3.77. The van der Waals surface area contributed by atoms with Gasteiger partial charge in [0.25, 0.3) is 0 Å².